The molecule has 1 aliphatic rings. The Morgan fingerprint density at radius 1 is 1.45 bits per heavy atom. The summed E-state index contributed by atoms with van der Waals surface area (Å²) in [6.07, 6.45) is 1.66. The van der Waals surface area contributed by atoms with Gasteiger partial charge in [-0.05, 0) is 19.1 Å². The van der Waals surface area contributed by atoms with Crippen molar-refractivity contribution in [3.63, 3.8) is 0 Å². The van der Waals surface area contributed by atoms with Crippen LogP contribution >= 0.6 is 0 Å². The van der Waals surface area contributed by atoms with E-state index >= 15 is 0 Å². The highest BCUT2D eigenvalue weighted by Crippen LogP contribution is 2.13. The third-order valence-electron chi connectivity index (χ3n) is 3.65. The van der Waals surface area contributed by atoms with Gasteiger partial charge in [-0.1, -0.05) is 12.1 Å². The van der Waals surface area contributed by atoms with Crippen molar-refractivity contribution in [2.75, 3.05) is 13.1 Å². The van der Waals surface area contributed by atoms with Crippen LogP contribution in [0.3, 0.4) is 0 Å². The highest BCUT2D eigenvalue weighted by atomic mass is 16.2. The number of fused-ring (bicyclic) bond motifs is 1. The molecule has 2 amide bonds. The molecule has 1 unspecified atom stereocenters. The predicted molar refractivity (Wildman–Crippen MR) is 73.9 cm³/mol. The quantitative estimate of drug-likeness (QED) is 0.859. The summed E-state index contributed by atoms with van der Waals surface area (Å²) in [4.78, 5) is 29.8. The zero-order valence-electron chi connectivity index (χ0n) is 11.2. The van der Waals surface area contributed by atoms with Crippen LogP contribution in [0.25, 0.3) is 11.0 Å². The minimum absolute atomic E-state index is 0.0597. The summed E-state index contributed by atoms with van der Waals surface area (Å²) in [6.45, 7) is 3.02. The van der Waals surface area contributed by atoms with E-state index in [2.05, 4.69) is 10.3 Å². The summed E-state index contributed by atoms with van der Waals surface area (Å²) in [6, 6.07) is 7.27. The largest absolute Gasteiger partial charge is 0.353 e. The average molecular weight is 272 g/mol. The molecule has 1 aliphatic heterocycles. The number of nitrogens with one attached hydrogen (secondary N) is 1. The number of imidazole rings is 1. The lowest BCUT2D eigenvalue weighted by Gasteiger charge is -2.32. The van der Waals surface area contributed by atoms with Crippen LogP contribution in [0, 0.1) is 0 Å². The van der Waals surface area contributed by atoms with E-state index < -0.39 is 6.04 Å². The van der Waals surface area contributed by atoms with Gasteiger partial charge in [-0.15, -0.1) is 0 Å². The second-order valence-corrected chi connectivity index (χ2v) is 4.92. The van der Waals surface area contributed by atoms with Gasteiger partial charge in [-0.3, -0.25) is 9.59 Å². The second-order valence-electron chi connectivity index (χ2n) is 4.92. The first-order valence-electron chi connectivity index (χ1n) is 6.64. The molecular formula is C14H16N4O2. The van der Waals surface area contributed by atoms with E-state index in [9.17, 15) is 9.59 Å². The van der Waals surface area contributed by atoms with Gasteiger partial charge in [0.2, 0.25) is 11.8 Å². The SMILES string of the molecule is CC1C(=O)NCCN1C(=O)Cn1cnc2ccccc21. The molecule has 1 N–H and O–H groups in total. The lowest BCUT2D eigenvalue weighted by molar-refractivity contribution is -0.142. The van der Waals surface area contributed by atoms with E-state index in [1.807, 2.05) is 28.8 Å². The van der Waals surface area contributed by atoms with Crippen LogP contribution in [0.5, 0.6) is 0 Å². The van der Waals surface area contributed by atoms with Crippen molar-refractivity contribution in [2.24, 2.45) is 0 Å². The molecule has 20 heavy (non-hydrogen) atoms. The van der Waals surface area contributed by atoms with Gasteiger partial charge in [0, 0.05) is 13.1 Å². The second kappa shape index (κ2) is 4.96. The fourth-order valence-electron chi connectivity index (χ4n) is 2.50. The molecule has 1 fully saturated rings. The molecule has 1 aromatic heterocycles. The van der Waals surface area contributed by atoms with Crippen molar-refractivity contribution in [3.8, 4) is 0 Å². The summed E-state index contributed by atoms with van der Waals surface area (Å²) in [5.74, 6) is -0.157. The topological polar surface area (TPSA) is 67.2 Å². The fraction of sp³-hybridized carbons (Fsp3) is 0.357. The third kappa shape index (κ3) is 2.13. The van der Waals surface area contributed by atoms with E-state index in [0.717, 1.165) is 11.0 Å². The van der Waals surface area contributed by atoms with Gasteiger partial charge in [0.25, 0.3) is 0 Å². The molecule has 1 atom stereocenters. The molecule has 0 saturated carbocycles. The minimum Gasteiger partial charge on any atom is -0.353 e. The first kappa shape index (κ1) is 12.7. The number of amides is 2. The van der Waals surface area contributed by atoms with Crippen molar-refractivity contribution in [3.05, 3.63) is 30.6 Å². The molecular weight excluding hydrogens is 256 g/mol. The summed E-state index contributed by atoms with van der Waals surface area (Å²) < 4.78 is 1.82. The molecule has 3 rings (SSSR count). The van der Waals surface area contributed by atoms with E-state index in [4.69, 9.17) is 0 Å². The zero-order valence-corrected chi connectivity index (χ0v) is 11.2. The Hall–Kier alpha value is -2.37. The highest BCUT2D eigenvalue weighted by Gasteiger charge is 2.29. The Labute approximate surface area is 116 Å². The highest BCUT2D eigenvalue weighted by molar-refractivity contribution is 5.89. The Balaban J connectivity index is 1.80. The maximum atomic E-state index is 12.4. The predicted octanol–water partition coefficient (Wildman–Crippen LogP) is 0.383. The molecule has 6 heteroatoms. The number of benzene rings is 1. The van der Waals surface area contributed by atoms with Crippen LogP contribution in [-0.2, 0) is 16.1 Å². The molecule has 2 aromatic rings. The summed E-state index contributed by atoms with van der Waals surface area (Å²) in [7, 11) is 0. The molecule has 1 aromatic carbocycles. The van der Waals surface area contributed by atoms with Crippen molar-refractivity contribution >= 4 is 22.8 Å². The fourth-order valence-corrected chi connectivity index (χ4v) is 2.50. The summed E-state index contributed by atoms with van der Waals surface area (Å²) >= 11 is 0. The molecule has 0 bridgehead atoms. The van der Waals surface area contributed by atoms with Gasteiger partial charge in [-0.2, -0.15) is 0 Å². The Kier molecular flexibility index (Phi) is 3.14. The zero-order chi connectivity index (χ0) is 14.1. The van der Waals surface area contributed by atoms with E-state index in [1.165, 1.54) is 0 Å². The van der Waals surface area contributed by atoms with Crippen molar-refractivity contribution in [1.82, 2.24) is 19.8 Å². The van der Waals surface area contributed by atoms with Crippen molar-refractivity contribution < 1.29 is 9.59 Å². The van der Waals surface area contributed by atoms with Crippen molar-refractivity contribution in [1.29, 1.82) is 0 Å². The first-order valence-corrected chi connectivity index (χ1v) is 6.64. The molecule has 6 nitrogen and oxygen atoms in total. The molecule has 0 spiro atoms. The van der Waals surface area contributed by atoms with Crippen LogP contribution in [0.1, 0.15) is 6.92 Å². The van der Waals surface area contributed by atoms with Gasteiger partial charge in [0.15, 0.2) is 0 Å². The smallest absolute Gasteiger partial charge is 0.243 e. The molecule has 2 heterocycles. The Bertz CT molecular complexity index is 664. The van der Waals surface area contributed by atoms with Gasteiger partial charge < -0.3 is 14.8 Å². The Morgan fingerprint density at radius 2 is 2.25 bits per heavy atom. The van der Waals surface area contributed by atoms with Crippen LogP contribution in [0.2, 0.25) is 0 Å². The van der Waals surface area contributed by atoms with Gasteiger partial charge in [0.05, 0.1) is 17.4 Å². The third-order valence-corrected chi connectivity index (χ3v) is 3.65. The number of carbonyl (C=O) groups is 2. The van der Waals surface area contributed by atoms with E-state index in [0.29, 0.717) is 13.1 Å². The van der Waals surface area contributed by atoms with Crippen LogP contribution in [0.15, 0.2) is 30.6 Å². The molecule has 0 aliphatic carbocycles. The normalized spacial score (nSPS) is 19.1. The van der Waals surface area contributed by atoms with Crippen LogP contribution < -0.4 is 5.32 Å². The summed E-state index contributed by atoms with van der Waals surface area (Å²) in [5.41, 5.74) is 1.79. The number of aromatic nitrogens is 2. The first-order chi connectivity index (χ1) is 9.66. The lowest BCUT2D eigenvalue weighted by Crippen LogP contribution is -2.56. The Morgan fingerprint density at radius 3 is 3.10 bits per heavy atom. The standard InChI is InChI=1S/C14H16N4O2/c1-10-14(20)15-6-7-18(10)13(19)8-17-9-16-11-4-2-3-5-12(11)17/h2-5,9-10H,6-8H2,1H3,(H,15,20). The number of nitrogens with zero attached hydrogens (tertiary/aromatic N) is 3. The van der Waals surface area contributed by atoms with Crippen LogP contribution in [0.4, 0.5) is 0 Å². The van der Waals surface area contributed by atoms with E-state index in [1.54, 1.807) is 18.2 Å². The van der Waals surface area contributed by atoms with Gasteiger partial charge in [-0.25, -0.2) is 4.98 Å². The minimum atomic E-state index is -0.411. The van der Waals surface area contributed by atoms with Crippen LogP contribution in [-0.4, -0.2) is 45.4 Å². The number of carbonyl (C=O) groups excluding carboxylic acids is 2. The monoisotopic (exact) mass is 272 g/mol. The summed E-state index contributed by atoms with van der Waals surface area (Å²) in [5, 5.41) is 2.75. The average Bonchev–Trinajstić information content (AvgIpc) is 2.85. The number of hydrogen-bond acceptors (Lipinski definition) is 3. The molecule has 1 saturated heterocycles. The van der Waals surface area contributed by atoms with E-state index in [-0.39, 0.29) is 18.4 Å². The molecule has 104 valence electrons. The lowest BCUT2D eigenvalue weighted by atomic mass is 10.2. The van der Waals surface area contributed by atoms with Crippen molar-refractivity contribution in [2.45, 2.75) is 19.5 Å². The number of rotatable bonds is 2. The maximum absolute atomic E-state index is 12.4. The van der Waals surface area contributed by atoms with Gasteiger partial charge >= 0.3 is 0 Å². The van der Waals surface area contributed by atoms with Gasteiger partial charge in [0.1, 0.15) is 12.6 Å². The maximum Gasteiger partial charge on any atom is 0.243 e. The number of hydrogen-bond donors (Lipinski definition) is 1. The molecule has 0 radical (unpaired) electrons. The number of piperazine rings is 1. The number of para-hydroxylation sites is 2.